The van der Waals surface area contributed by atoms with Crippen molar-refractivity contribution in [2.24, 2.45) is 0 Å². The molecule has 0 radical (unpaired) electrons. The van der Waals surface area contributed by atoms with Gasteiger partial charge < -0.3 is 5.32 Å². The number of carbonyl (C=O) groups is 1. The molecule has 0 fully saturated rings. The summed E-state index contributed by atoms with van der Waals surface area (Å²) in [5.74, 6) is -1.13. The summed E-state index contributed by atoms with van der Waals surface area (Å²) < 4.78 is 23.5. The maximum Gasteiger partial charge on any atom is 0.239 e. The first kappa shape index (κ1) is 15.2. The number of rotatable bonds is 5. The van der Waals surface area contributed by atoms with Gasteiger partial charge in [0.15, 0.2) is 9.84 Å². The van der Waals surface area contributed by atoms with Crippen LogP contribution in [0.3, 0.4) is 0 Å². The molecule has 0 bridgehead atoms. The molecule has 1 aromatic rings. The van der Waals surface area contributed by atoms with Crippen molar-refractivity contribution in [2.75, 3.05) is 11.1 Å². The fraction of sp³-hybridized carbons (Fsp3) is 0.385. The maximum absolute atomic E-state index is 11.8. The highest BCUT2D eigenvalue weighted by atomic mass is 32.2. The predicted molar refractivity (Wildman–Crippen MR) is 73.3 cm³/mol. The molecular weight excluding hydrogens is 264 g/mol. The van der Waals surface area contributed by atoms with Crippen LogP contribution in [0.4, 0.5) is 5.69 Å². The number of nitrogens with zero attached hydrogens (tertiary/aromatic N) is 1. The molecule has 1 N–H and O–H groups in total. The van der Waals surface area contributed by atoms with Crippen LogP contribution in [-0.4, -0.2) is 25.3 Å². The molecule has 5 nitrogen and oxygen atoms in total. The standard InChI is InChI=1S/C13H16N2O3S/c1-3-10(2)19(17,18)9-13(16)15-12-6-4-5-11(7-12)8-14/h4-7,10H,3,9H2,1-2H3,(H,15,16). The van der Waals surface area contributed by atoms with E-state index in [0.29, 0.717) is 17.7 Å². The summed E-state index contributed by atoms with van der Waals surface area (Å²) >= 11 is 0. The zero-order chi connectivity index (χ0) is 14.5. The maximum atomic E-state index is 11.8. The van der Waals surface area contributed by atoms with E-state index < -0.39 is 26.7 Å². The van der Waals surface area contributed by atoms with Gasteiger partial charge >= 0.3 is 0 Å². The van der Waals surface area contributed by atoms with Crippen LogP contribution in [0.25, 0.3) is 0 Å². The smallest absolute Gasteiger partial charge is 0.239 e. The molecule has 0 spiro atoms. The molecule has 0 aliphatic rings. The number of carbonyl (C=O) groups excluding carboxylic acids is 1. The second-order valence-corrected chi connectivity index (χ2v) is 6.69. The Hall–Kier alpha value is -1.87. The number of benzene rings is 1. The molecular formula is C13H16N2O3S. The van der Waals surface area contributed by atoms with Gasteiger partial charge in [0.1, 0.15) is 5.75 Å². The van der Waals surface area contributed by atoms with Gasteiger partial charge in [-0.3, -0.25) is 4.79 Å². The topological polar surface area (TPSA) is 87.0 Å². The number of nitrogens with one attached hydrogen (secondary N) is 1. The van der Waals surface area contributed by atoms with Crippen molar-refractivity contribution in [3.8, 4) is 6.07 Å². The minimum absolute atomic E-state index is 0.405. The van der Waals surface area contributed by atoms with Gasteiger partial charge in [-0.25, -0.2) is 8.42 Å². The predicted octanol–water partition coefficient (Wildman–Crippen LogP) is 1.71. The summed E-state index contributed by atoms with van der Waals surface area (Å²) in [5, 5.41) is 10.7. The minimum atomic E-state index is -3.42. The van der Waals surface area contributed by atoms with Gasteiger partial charge in [-0.15, -0.1) is 0 Å². The number of anilines is 1. The number of hydrogen-bond acceptors (Lipinski definition) is 4. The third-order valence-corrected chi connectivity index (χ3v) is 5.02. The highest BCUT2D eigenvalue weighted by molar-refractivity contribution is 7.92. The van der Waals surface area contributed by atoms with Crippen LogP contribution in [0.2, 0.25) is 0 Å². The van der Waals surface area contributed by atoms with Crippen molar-refractivity contribution in [2.45, 2.75) is 25.5 Å². The van der Waals surface area contributed by atoms with E-state index in [1.54, 1.807) is 32.0 Å². The van der Waals surface area contributed by atoms with E-state index in [9.17, 15) is 13.2 Å². The Labute approximate surface area is 113 Å². The van der Waals surface area contributed by atoms with Crippen molar-refractivity contribution < 1.29 is 13.2 Å². The van der Waals surface area contributed by atoms with E-state index in [0.717, 1.165) is 0 Å². The molecule has 1 amide bonds. The van der Waals surface area contributed by atoms with Gasteiger partial charge in [0.2, 0.25) is 5.91 Å². The van der Waals surface area contributed by atoms with Crippen LogP contribution in [-0.2, 0) is 14.6 Å². The molecule has 0 heterocycles. The molecule has 1 unspecified atom stereocenters. The Morgan fingerprint density at radius 2 is 2.16 bits per heavy atom. The van der Waals surface area contributed by atoms with Crippen molar-refractivity contribution in [3.05, 3.63) is 29.8 Å². The first-order valence-corrected chi connectivity index (χ1v) is 7.62. The Kier molecular flexibility index (Phi) is 5.07. The lowest BCUT2D eigenvalue weighted by Gasteiger charge is -2.10. The first-order valence-electron chi connectivity index (χ1n) is 5.90. The molecule has 1 aromatic carbocycles. The highest BCUT2D eigenvalue weighted by Gasteiger charge is 2.22. The fourth-order valence-corrected chi connectivity index (χ4v) is 2.67. The lowest BCUT2D eigenvalue weighted by molar-refractivity contribution is -0.113. The molecule has 0 saturated carbocycles. The van der Waals surface area contributed by atoms with Crippen molar-refractivity contribution in [1.29, 1.82) is 5.26 Å². The highest BCUT2D eigenvalue weighted by Crippen LogP contribution is 2.11. The SMILES string of the molecule is CCC(C)S(=O)(=O)CC(=O)Nc1cccc(C#N)c1. The molecule has 102 valence electrons. The average molecular weight is 280 g/mol. The summed E-state index contributed by atoms with van der Waals surface area (Å²) in [7, 11) is -3.42. The number of nitriles is 1. The third-order valence-electron chi connectivity index (χ3n) is 2.80. The molecule has 1 rings (SSSR count). The van der Waals surface area contributed by atoms with Crippen molar-refractivity contribution >= 4 is 21.4 Å². The van der Waals surface area contributed by atoms with Crippen LogP contribution in [0.1, 0.15) is 25.8 Å². The molecule has 0 saturated heterocycles. The van der Waals surface area contributed by atoms with Gasteiger partial charge in [-0.2, -0.15) is 5.26 Å². The zero-order valence-corrected chi connectivity index (χ0v) is 11.7. The van der Waals surface area contributed by atoms with Gasteiger partial charge in [-0.05, 0) is 31.5 Å². The van der Waals surface area contributed by atoms with Crippen LogP contribution in [0, 0.1) is 11.3 Å². The molecule has 0 aliphatic carbocycles. The normalized spacial score (nSPS) is 12.5. The number of hydrogen-bond donors (Lipinski definition) is 1. The second kappa shape index (κ2) is 6.34. The molecule has 0 aromatic heterocycles. The van der Waals surface area contributed by atoms with Crippen molar-refractivity contribution in [1.82, 2.24) is 0 Å². The van der Waals surface area contributed by atoms with E-state index in [2.05, 4.69) is 5.32 Å². The number of sulfone groups is 1. The lowest BCUT2D eigenvalue weighted by atomic mass is 10.2. The quantitative estimate of drug-likeness (QED) is 0.889. The van der Waals surface area contributed by atoms with Gasteiger partial charge in [-0.1, -0.05) is 13.0 Å². The Bertz CT molecular complexity index is 603. The summed E-state index contributed by atoms with van der Waals surface area (Å²) in [6.07, 6.45) is 0.472. The Morgan fingerprint density at radius 1 is 1.47 bits per heavy atom. The second-order valence-electron chi connectivity index (χ2n) is 4.27. The summed E-state index contributed by atoms with van der Waals surface area (Å²) in [5.41, 5.74) is 0.825. The van der Waals surface area contributed by atoms with Crippen molar-refractivity contribution in [3.63, 3.8) is 0 Å². The Balaban J connectivity index is 2.73. The van der Waals surface area contributed by atoms with Crippen LogP contribution in [0.5, 0.6) is 0 Å². The molecule has 0 aliphatic heterocycles. The fourth-order valence-electron chi connectivity index (χ4n) is 1.44. The van der Waals surface area contributed by atoms with E-state index in [1.165, 1.54) is 6.07 Å². The van der Waals surface area contributed by atoms with Gasteiger partial charge in [0.25, 0.3) is 0 Å². The van der Waals surface area contributed by atoms with Gasteiger partial charge in [0.05, 0.1) is 16.9 Å². The van der Waals surface area contributed by atoms with E-state index >= 15 is 0 Å². The van der Waals surface area contributed by atoms with Gasteiger partial charge in [0, 0.05) is 5.69 Å². The average Bonchev–Trinajstić information content (AvgIpc) is 2.37. The van der Waals surface area contributed by atoms with E-state index in [1.807, 2.05) is 6.07 Å². The third kappa shape index (κ3) is 4.38. The van der Waals surface area contributed by atoms with Crippen LogP contribution < -0.4 is 5.32 Å². The lowest BCUT2D eigenvalue weighted by Crippen LogP contribution is -2.29. The first-order chi connectivity index (χ1) is 8.89. The number of amides is 1. The molecule has 19 heavy (non-hydrogen) atoms. The summed E-state index contributed by atoms with van der Waals surface area (Å²) in [6, 6.07) is 8.27. The molecule has 1 atom stereocenters. The Morgan fingerprint density at radius 3 is 2.74 bits per heavy atom. The summed E-state index contributed by atoms with van der Waals surface area (Å²) in [6.45, 7) is 3.34. The zero-order valence-electron chi connectivity index (χ0n) is 10.9. The van der Waals surface area contributed by atoms with Crippen LogP contribution >= 0.6 is 0 Å². The van der Waals surface area contributed by atoms with E-state index in [4.69, 9.17) is 5.26 Å². The minimum Gasteiger partial charge on any atom is -0.325 e. The monoisotopic (exact) mass is 280 g/mol. The largest absolute Gasteiger partial charge is 0.325 e. The van der Waals surface area contributed by atoms with E-state index in [-0.39, 0.29) is 0 Å². The van der Waals surface area contributed by atoms with Crippen LogP contribution in [0.15, 0.2) is 24.3 Å². The summed E-state index contributed by atoms with van der Waals surface area (Å²) in [4.78, 5) is 11.7. The molecule has 6 heteroatoms.